The van der Waals surface area contributed by atoms with Crippen molar-refractivity contribution in [1.29, 1.82) is 0 Å². The highest BCUT2D eigenvalue weighted by Gasteiger charge is 2.34. The second-order valence-electron chi connectivity index (χ2n) is 9.46. The molecule has 0 aliphatic carbocycles. The number of carbonyl (C=O) groups is 2. The maximum Gasteiger partial charge on any atom is 0.293 e. The largest absolute Gasteiger partial charge is 0.492 e. The van der Waals surface area contributed by atoms with Crippen LogP contribution in [0.25, 0.3) is 17.0 Å². The Bertz CT molecular complexity index is 1530. The molecule has 0 unspecified atom stereocenters. The van der Waals surface area contributed by atoms with E-state index in [1.807, 2.05) is 48.7 Å². The minimum atomic E-state index is -0.220. The van der Waals surface area contributed by atoms with E-state index in [-0.39, 0.29) is 11.1 Å². The smallest absolute Gasteiger partial charge is 0.293 e. The van der Waals surface area contributed by atoms with Crippen LogP contribution in [-0.2, 0) is 17.8 Å². The number of aromatic nitrogens is 1. The molecule has 3 aromatic carbocycles. The van der Waals surface area contributed by atoms with Crippen molar-refractivity contribution in [3.05, 3.63) is 105 Å². The Kier molecular flexibility index (Phi) is 8.05. The number of rotatable bonds is 9. The molecule has 4 aromatic rings. The van der Waals surface area contributed by atoms with Gasteiger partial charge in [0.25, 0.3) is 11.1 Å². The summed E-state index contributed by atoms with van der Waals surface area (Å²) in [6.45, 7) is 5.75. The fraction of sp³-hybridized carbons (Fsp3) is 0.226. The first-order chi connectivity index (χ1) is 18.4. The number of carbonyl (C=O) groups excluding carboxylic acids is 2. The Hall–Kier alpha value is -3.29. The summed E-state index contributed by atoms with van der Waals surface area (Å²) >= 11 is 4.59. The lowest BCUT2D eigenvalue weighted by molar-refractivity contribution is -0.122. The first kappa shape index (κ1) is 26.3. The summed E-state index contributed by atoms with van der Waals surface area (Å²) < 4.78 is 9.11. The molecule has 1 aromatic heterocycles. The number of fused-ring (bicyclic) bond motifs is 1. The third-order valence-electron chi connectivity index (χ3n) is 6.80. The van der Waals surface area contributed by atoms with E-state index in [0.29, 0.717) is 24.6 Å². The normalized spacial score (nSPS) is 14.7. The molecule has 5 nitrogen and oxygen atoms in total. The van der Waals surface area contributed by atoms with E-state index in [4.69, 9.17) is 4.74 Å². The lowest BCUT2D eigenvalue weighted by Gasteiger charge is -2.12. The van der Waals surface area contributed by atoms with Gasteiger partial charge in [-0.05, 0) is 91.5 Å². The maximum atomic E-state index is 13.1. The fourth-order valence-electron chi connectivity index (χ4n) is 4.58. The van der Waals surface area contributed by atoms with Crippen molar-refractivity contribution < 1.29 is 14.3 Å². The number of hydrogen-bond donors (Lipinski definition) is 0. The van der Waals surface area contributed by atoms with Crippen molar-refractivity contribution in [2.45, 2.75) is 33.2 Å². The monoisotopic (exact) mass is 588 g/mol. The number of hydrogen-bond acceptors (Lipinski definition) is 4. The Labute approximate surface area is 235 Å². The quantitative estimate of drug-likeness (QED) is 0.187. The van der Waals surface area contributed by atoms with Crippen LogP contribution < -0.4 is 4.74 Å². The first-order valence-corrected chi connectivity index (χ1v) is 14.3. The van der Waals surface area contributed by atoms with Crippen LogP contribution >= 0.6 is 27.7 Å². The van der Waals surface area contributed by atoms with Crippen LogP contribution in [0, 0.1) is 13.8 Å². The third kappa shape index (κ3) is 5.89. The summed E-state index contributed by atoms with van der Waals surface area (Å²) in [5.74, 6) is 0.635. The topological polar surface area (TPSA) is 51.5 Å². The van der Waals surface area contributed by atoms with Gasteiger partial charge in [0.15, 0.2) is 0 Å². The van der Waals surface area contributed by atoms with E-state index in [0.717, 1.165) is 51.3 Å². The van der Waals surface area contributed by atoms with Gasteiger partial charge >= 0.3 is 0 Å². The Balaban J connectivity index is 1.31. The van der Waals surface area contributed by atoms with Crippen LogP contribution in [0.2, 0.25) is 0 Å². The molecule has 5 rings (SSSR count). The average molecular weight is 590 g/mol. The Morgan fingerprint density at radius 2 is 1.76 bits per heavy atom. The summed E-state index contributed by atoms with van der Waals surface area (Å²) in [6, 6.07) is 22.4. The molecular formula is C31H29BrN2O3S. The van der Waals surface area contributed by atoms with Gasteiger partial charge in [0, 0.05) is 33.7 Å². The molecule has 7 heteroatoms. The van der Waals surface area contributed by atoms with Crippen molar-refractivity contribution in [3.8, 4) is 5.75 Å². The maximum absolute atomic E-state index is 13.1. The van der Waals surface area contributed by atoms with Gasteiger partial charge in [-0.3, -0.25) is 14.5 Å². The zero-order valence-corrected chi connectivity index (χ0v) is 23.8. The van der Waals surface area contributed by atoms with Gasteiger partial charge in [-0.1, -0.05) is 52.3 Å². The van der Waals surface area contributed by atoms with E-state index < -0.39 is 0 Å². The van der Waals surface area contributed by atoms with Gasteiger partial charge in [0.05, 0.1) is 11.4 Å². The molecule has 0 saturated carbocycles. The predicted molar refractivity (Wildman–Crippen MR) is 158 cm³/mol. The second kappa shape index (κ2) is 11.6. The number of nitrogens with zero attached hydrogens (tertiary/aromatic N) is 2. The SMILES string of the molecule is Cc1ccc(OCCn2cc(/C=C3\SC(=O)N(CCCc4ccccc4)C3=O)c3cc(Br)ccc32)cc1C. The van der Waals surface area contributed by atoms with E-state index in [2.05, 4.69) is 64.7 Å². The molecular weight excluding hydrogens is 560 g/mol. The third-order valence-corrected chi connectivity index (χ3v) is 8.20. The van der Waals surface area contributed by atoms with E-state index in [9.17, 15) is 9.59 Å². The van der Waals surface area contributed by atoms with Crippen molar-refractivity contribution in [2.75, 3.05) is 13.2 Å². The standard InChI is InChI=1S/C31H29BrN2O3S/c1-21-10-12-26(17-22(21)2)37-16-15-33-20-24(27-19-25(32)11-13-28(27)33)18-29-30(35)34(31(36)38-29)14-6-9-23-7-4-3-5-8-23/h3-5,7-8,10-13,17-20H,6,9,14-16H2,1-2H3/b29-18-. The van der Waals surface area contributed by atoms with Gasteiger partial charge < -0.3 is 9.30 Å². The van der Waals surface area contributed by atoms with Gasteiger partial charge in [-0.2, -0.15) is 0 Å². The molecule has 1 saturated heterocycles. The van der Waals surface area contributed by atoms with Crippen LogP contribution in [0.3, 0.4) is 0 Å². The molecule has 1 fully saturated rings. The molecule has 1 aliphatic heterocycles. The van der Waals surface area contributed by atoms with Gasteiger partial charge in [-0.25, -0.2) is 0 Å². The van der Waals surface area contributed by atoms with Crippen LogP contribution in [0.5, 0.6) is 5.75 Å². The second-order valence-corrected chi connectivity index (χ2v) is 11.4. The number of halogens is 1. The van der Waals surface area contributed by atoms with E-state index >= 15 is 0 Å². The highest BCUT2D eigenvalue weighted by atomic mass is 79.9. The summed E-state index contributed by atoms with van der Waals surface area (Å²) in [5, 5.41) is 0.808. The van der Waals surface area contributed by atoms with Gasteiger partial charge in [0.2, 0.25) is 0 Å². The highest BCUT2D eigenvalue weighted by Crippen LogP contribution is 2.35. The summed E-state index contributed by atoms with van der Waals surface area (Å²) in [4.78, 5) is 27.6. The molecule has 38 heavy (non-hydrogen) atoms. The zero-order chi connectivity index (χ0) is 26.6. The number of aryl methyl sites for hydroxylation is 3. The molecule has 2 amide bonds. The molecule has 194 valence electrons. The number of thioether (sulfide) groups is 1. The van der Waals surface area contributed by atoms with Crippen molar-refractivity contribution in [1.82, 2.24) is 9.47 Å². The molecule has 0 spiro atoms. The molecule has 0 bridgehead atoms. The number of ether oxygens (including phenoxy) is 1. The molecule has 0 radical (unpaired) electrons. The van der Waals surface area contributed by atoms with Crippen molar-refractivity contribution in [2.24, 2.45) is 0 Å². The summed E-state index contributed by atoms with van der Waals surface area (Å²) in [7, 11) is 0. The predicted octanol–water partition coefficient (Wildman–Crippen LogP) is 7.77. The van der Waals surface area contributed by atoms with Gasteiger partial charge in [0.1, 0.15) is 12.4 Å². The average Bonchev–Trinajstić information content (AvgIpc) is 3.37. The summed E-state index contributed by atoms with van der Waals surface area (Å²) in [6.07, 6.45) is 5.44. The fourth-order valence-corrected chi connectivity index (χ4v) is 5.80. The minimum Gasteiger partial charge on any atom is -0.492 e. The van der Waals surface area contributed by atoms with Crippen LogP contribution in [0.4, 0.5) is 4.79 Å². The van der Waals surface area contributed by atoms with E-state index in [1.165, 1.54) is 21.6 Å². The molecule has 2 heterocycles. The van der Waals surface area contributed by atoms with Crippen molar-refractivity contribution >= 4 is 55.8 Å². The van der Waals surface area contributed by atoms with Gasteiger partial charge in [-0.15, -0.1) is 0 Å². The van der Waals surface area contributed by atoms with Crippen LogP contribution in [0.1, 0.15) is 28.7 Å². The lowest BCUT2D eigenvalue weighted by Crippen LogP contribution is -2.29. The highest BCUT2D eigenvalue weighted by molar-refractivity contribution is 9.10. The molecule has 0 atom stereocenters. The van der Waals surface area contributed by atoms with Crippen LogP contribution in [-0.4, -0.2) is 33.8 Å². The number of benzene rings is 3. The minimum absolute atomic E-state index is 0.207. The molecule has 0 N–H and O–H groups in total. The Morgan fingerprint density at radius 3 is 2.55 bits per heavy atom. The van der Waals surface area contributed by atoms with E-state index in [1.54, 1.807) is 0 Å². The number of amides is 2. The molecule has 1 aliphatic rings. The zero-order valence-electron chi connectivity index (χ0n) is 21.4. The lowest BCUT2D eigenvalue weighted by atomic mass is 10.1. The number of imide groups is 1. The first-order valence-electron chi connectivity index (χ1n) is 12.7. The summed E-state index contributed by atoms with van der Waals surface area (Å²) in [5.41, 5.74) is 5.60. The van der Waals surface area contributed by atoms with Crippen molar-refractivity contribution in [3.63, 3.8) is 0 Å². The Morgan fingerprint density at radius 1 is 0.947 bits per heavy atom. The van der Waals surface area contributed by atoms with Crippen LogP contribution in [0.15, 0.2) is 82.3 Å².